The second-order valence-corrected chi connectivity index (χ2v) is 6.15. The van der Waals surface area contributed by atoms with Gasteiger partial charge in [0, 0.05) is 17.3 Å². The van der Waals surface area contributed by atoms with Crippen molar-refractivity contribution in [3.63, 3.8) is 0 Å². The highest BCUT2D eigenvalue weighted by atomic mass is 16.5. The third-order valence-electron chi connectivity index (χ3n) is 3.69. The predicted molar refractivity (Wildman–Crippen MR) is 102 cm³/mol. The molecular formula is C20H24N2O4. The van der Waals surface area contributed by atoms with Gasteiger partial charge in [0.05, 0.1) is 7.11 Å². The smallest absolute Gasteiger partial charge is 0.265 e. The largest absolute Gasteiger partial charge is 0.497 e. The lowest BCUT2D eigenvalue weighted by molar-refractivity contribution is -0.122. The summed E-state index contributed by atoms with van der Waals surface area (Å²) in [6.45, 7) is 5.33. The Bertz CT molecular complexity index is 739. The fourth-order valence-electron chi connectivity index (χ4n) is 2.08. The Hall–Kier alpha value is -3.02. The minimum Gasteiger partial charge on any atom is -0.497 e. The lowest BCUT2D eigenvalue weighted by Crippen LogP contribution is -2.30. The zero-order chi connectivity index (χ0) is 19.1. The van der Waals surface area contributed by atoms with Crippen molar-refractivity contribution >= 4 is 23.2 Å². The van der Waals surface area contributed by atoms with Gasteiger partial charge >= 0.3 is 0 Å². The van der Waals surface area contributed by atoms with Gasteiger partial charge < -0.3 is 20.1 Å². The molecule has 0 aliphatic rings. The number of hydrogen-bond acceptors (Lipinski definition) is 4. The van der Waals surface area contributed by atoms with Crippen LogP contribution in [0.1, 0.15) is 20.8 Å². The van der Waals surface area contributed by atoms with E-state index in [1.807, 2.05) is 13.8 Å². The Morgan fingerprint density at radius 3 is 1.69 bits per heavy atom. The van der Waals surface area contributed by atoms with E-state index in [0.717, 1.165) is 5.75 Å². The molecule has 0 aliphatic heterocycles. The van der Waals surface area contributed by atoms with E-state index in [1.165, 1.54) is 0 Å². The predicted octanol–water partition coefficient (Wildman–Crippen LogP) is 3.70. The number of rotatable bonds is 7. The normalized spacial score (nSPS) is 11.6. The first-order valence-corrected chi connectivity index (χ1v) is 8.41. The molecule has 2 N–H and O–H groups in total. The molecule has 0 heterocycles. The summed E-state index contributed by atoms with van der Waals surface area (Å²) in [5.41, 5.74) is 1.31. The van der Waals surface area contributed by atoms with Gasteiger partial charge in [0.15, 0.2) is 6.10 Å². The van der Waals surface area contributed by atoms with Gasteiger partial charge in [-0.1, -0.05) is 13.8 Å². The highest BCUT2D eigenvalue weighted by Gasteiger charge is 2.15. The lowest BCUT2D eigenvalue weighted by Gasteiger charge is -2.15. The molecule has 0 saturated carbocycles. The Kier molecular flexibility index (Phi) is 6.60. The van der Waals surface area contributed by atoms with Crippen LogP contribution in [0.25, 0.3) is 0 Å². The summed E-state index contributed by atoms with van der Waals surface area (Å²) >= 11 is 0. The van der Waals surface area contributed by atoms with Crippen LogP contribution in [-0.4, -0.2) is 25.0 Å². The highest BCUT2D eigenvalue weighted by Crippen LogP contribution is 2.19. The van der Waals surface area contributed by atoms with E-state index in [2.05, 4.69) is 10.6 Å². The SMILES string of the molecule is COc1ccc(OC(C)C(=O)Nc2ccc(NC(=O)C(C)C)cc2)cc1. The Balaban J connectivity index is 1.90. The molecule has 2 rings (SSSR count). The van der Waals surface area contributed by atoms with Crippen molar-refractivity contribution in [3.8, 4) is 11.5 Å². The summed E-state index contributed by atoms with van der Waals surface area (Å²) in [5, 5.41) is 5.59. The first-order valence-electron chi connectivity index (χ1n) is 8.41. The Labute approximate surface area is 153 Å². The summed E-state index contributed by atoms with van der Waals surface area (Å²) in [6, 6.07) is 14.0. The van der Waals surface area contributed by atoms with E-state index in [4.69, 9.17) is 9.47 Å². The fourth-order valence-corrected chi connectivity index (χ4v) is 2.08. The zero-order valence-electron chi connectivity index (χ0n) is 15.4. The molecule has 1 atom stereocenters. The highest BCUT2D eigenvalue weighted by molar-refractivity contribution is 5.95. The first-order chi connectivity index (χ1) is 12.4. The Morgan fingerprint density at radius 1 is 0.769 bits per heavy atom. The van der Waals surface area contributed by atoms with Gasteiger partial charge in [-0.05, 0) is 55.5 Å². The average molecular weight is 356 g/mol. The van der Waals surface area contributed by atoms with Gasteiger partial charge in [-0.15, -0.1) is 0 Å². The first kappa shape index (κ1) is 19.3. The second-order valence-electron chi connectivity index (χ2n) is 6.15. The summed E-state index contributed by atoms with van der Waals surface area (Å²) in [4.78, 5) is 23.9. The van der Waals surface area contributed by atoms with Gasteiger partial charge in [-0.25, -0.2) is 0 Å². The Morgan fingerprint density at radius 2 is 1.23 bits per heavy atom. The van der Waals surface area contributed by atoms with Gasteiger partial charge in [0.25, 0.3) is 5.91 Å². The van der Waals surface area contributed by atoms with Crippen LogP contribution in [-0.2, 0) is 9.59 Å². The number of ether oxygens (including phenoxy) is 2. The fraction of sp³-hybridized carbons (Fsp3) is 0.300. The number of methoxy groups -OCH3 is 1. The number of amides is 2. The molecular weight excluding hydrogens is 332 g/mol. The minimum absolute atomic E-state index is 0.0525. The van der Waals surface area contributed by atoms with Crippen molar-refractivity contribution in [1.82, 2.24) is 0 Å². The van der Waals surface area contributed by atoms with E-state index in [0.29, 0.717) is 17.1 Å². The number of hydrogen-bond donors (Lipinski definition) is 2. The van der Waals surface area contributed by atoms with Crippen molar-refractivity contribution in [3.05, 3.63) is 48.5 Å². The summed E-state index contributed by atoms with van der Waals surface area (Å²) < 4.78 is 10.7. The standard InChI is InChI=1S/C20H24N2O4/c1-13(2)19(23)21-15-5-7-16(8-6-15)22-20(24)14(3)26-18-11-9-17(25-4)10-12-18/h5-14H,1-4H3,(H,21,23)(H,22,24). The van der Waals surface area contributed by atoms with Crippen molar-refractivity contribution in [2.45, 2.75) is 26.9 Å². The molecule has 0 radical (unpaired) electrons. The third kappa shape index (κ3) is 5.51. The number of anilines is 2. The van der Waals surface area contributed by atoms with Crippen LogP contribution in [0.2, 0.25) is 0 Å². The monoisotopic (exact) mass is 356 g/mol. The van der Waals surface area contributed by atoms with Crippen molar-refractivity contribution < 1.29 is 19.1 Å². The van der Waals surface area contributed by atoms with Gasteiger partial charge in [0.2, 0.25) is 5.91 Å². The van der Waals surface area contributed by atoms with Crippen LogP contribution in [0.4, 0.5) is 11.4 Å². The topological polar surface area (TPSA) is 76.7 Å². The molecule has 6 heteroatoms. The number of carbonyl (C=O) groups is 2. The lowest BCUT2D eigenvalue weighted by atomic mass is 10.2. The van der Waals surface area contributed by atoms with Gasteiger partial charge in [0.1, 0.15) is 11.5 Å². The van der Waals surface area contributed by atoms with Crippen LogP contribution in [0.15, 0.2) is 48.5 Å². The second kappa shape index (κ2) is 8.89. The van der Waals surface area contributed by atoms with Gasteiger partial charge in [-0.3, -0.25) is 9.59 Å². The molecule has 1 unspecified atom stereocenters. The maximum Gasteiger partial charge on any atom is 0.265 e. The molecule has 138 valence electrons. The quantitative estimate of drug-likeness (QED) is 0.793. The van der Waals surface area contributed by atoms with Crippen LogP contribution in [0.5, 0.6) is 11.5 Å². The molecule has 0 bridgehead atoms. The molecule has 26 heavy (non-hydrogen) atoms. The van der Waals surface area contributed by atoms with Crippen LogP contribution >= 0.6 is 0 Å². The molecule has 0 aliphatic carbocycles. The maximum absolute atomic E-state index is 12.3. The zero-order valence-corrected chi connectivity index (χ0v) is 15.4. The van der Waals surface area contributed by atoms with Crippen LogP contribution in [0.3, 0.4) is 0 Å². The summed E-state index contributed by atoms with van der Waals surface area (Å²) in [7, 11) is 1.59. The summed E-state index contributed by atoms with van der Waals surface area (Å²) in [6.07, 6.45) is -0.663. The van der Waals surface area contributed by atoms with Crippen LogP contribution < -0.4 is 20.1 Å². The molecule has 6 nitrogen and oxygen atoms in total. The molecule has 2 aromatic rings. The van der Waals surface area contributed by atoms with E-state index in [1.54, 1.807) is 62.6 Å². The maximum atomic E-state index is 12.3. The molecule has 0 saturated heterocycles. The molecule has 2 aromatic carbocycles. The third-order valence-corrected chi connectivity index (χ3v) is 3.69. The van der Waals surface area contributed by atoms with Crippen molar-refractivity contribution in [2.75, 3.05) is 17.7 Å². The van der Waals surface area contributed by atoms with E-state index < -0.39 is 6.10 Å². The summed E-state index contributed by atoms with van der Waals surface area (Å²) in [5.74, 6) is 0.896. The number of benzene rings is 2. The molecule has 0 aromatic heterocycles. The molecule has 0 fully saturated rings. The number of nitrogens with one attached hydrogen (secondary N) is 2. The molecule has 0 spiro atoms. The average Bonchev–Trinajstić information content (AvgIpc) is 2.63. The van der Waals surface area contributed by atoms with E-state index in [-0.39, 0.29) is 17.7 Å². The van der Waals surface area contributed by atoms with Crippen LogP contribution in [0, 0.1) is 5.92 Å². The molecule has 2 amide bonds. The number of carbonyl (C=O) groups excluding carboxylic acids is 2. The van der Waals surface area contributed by atoms with Gasteiger partial charge in [-0.2, -0.15) is 0 Å². The van der Waals surface area contributed by atoms with Crippen molar-refractivity contribution in [2.24, 2.45) is 5.92 Å². The van der Waals surface area contributed by atoms with E-state index in [9.17, 15) is 9.59 Å². The van der Waals surface area contributed by atoms with Crippen molar-refractivity contribution in [1.29, 1.82) is 0 Å². The minimum atomic E-state index is -0.663. The van der Waals surface area contributed by atoms with E-state index >= 15 is 0 Å².